The Hall–Kier alpha value is -1.83. The summed E-state index contributed by atoms with van der Waals surface area (Å²) < 4.78 is 4.67. The Bertz CT molecular complexity index is 333. The van der Waals surface area contributed by atoms with E-state index in [-0.39, 0.29) is 17.2 Å². The monoisotopic (exact) mass is 210 g/mol. The third kappa shape index (κ3) is 4.27. The second kappa shape index (κ2) is 5.81. The van der Waals surface area contributed by atoms with E-state index in [0.29, 0.717) is 0 Å². The summed E-state index contributed by atoms with van der Waals surface area (Å²) in [6.07, 6.45) is 0. The Kier molecular flexibility index (Phi) is 5.10. The van der Waals surface area contributed by atoms with Crippen molar-refractivity contribution in [1.82, 2.24) is 0 Å². The molecule has 0 aromatic heterocycles. The molecule has 0 spiro atoms. The molecule has 0 bridgehead atoms. The molecule has 0 aliphatic heterocycles. The summed E-state index contributed by atoms with van der Waals surface area (Å²) in [6.45, 7) is 4.32. The molecule has 0 saturated heterocycles. The minimum atomic E-state index is -0.577. The number of carbonyl (C=O) groups excluding carboxylic acids is 2. The number of carbonyl (C=O) groups is 2. The van der Waals surface area contributed by atoms with E-state index in [4.69, 9.17) is 11.0 Å². The predicted molar refractivity (Wildman–Crippen MR) is 53.3 cm³/mol. The van der Waals surface area contributed by atoms with Crippen LogP contribution in [0.3, 0.4) is 0 Å². The largest absolute Gasteiger partial charge is 0.457 e. The molecule has 0 amide bonds. The smallest absolute Gasteiger partial charge is 0.308 e. The highest BCUT2D eigenvalue weighted by Gasteiger charge is 2.15. The van der Waals surface area contributed by atoms with Crippen LogP contribution in [0.2, 0.25) is 0 Å². The van der Waals surface area contributed by atoms with Gasteiger partial charge >= 0.3 is 5.97 Å². The molecule has 82 valence electrons. The molecule has 2 N–H and O–H groups in total. The summed E-state index contributed by atoms with van der Waals surface area (Å²) in [5, 5.41) is 8.59. The second-order valence-corrected chi connectivity index (χ2v) is 3.36. The number of ether oxygens (including phenoxy) is 1. The van der Waals surface area contributed by atoms with Gasteiger partial charge in [-0.15, -0.1) is 0 Å². The maximum Gasteiger partial charge on any atom is 0.308 e. The minimum Gasteiger partial charge on any atom is -0.457 e. The van der Waals surface area contributed by atoms with Crippen molar-refractivity contribution in [3.8, 4) is 6.07 Å². The van der Waals surface area contributed by atoms with Crippen LogP contribution in [0.25, 0.3) is 0 Å². The van der Waals surface area contributed by atoms with Crippen molar-refractivity contribution < 1.29 is 14.3 Å². The Labute approximate surface area is 88.5 Å². The number of Topliss-reactive ketones (excluding diaryl/α,β-unsaturated/α-hetero) is 1. The zero-order valence-electron chi connectivity index (χ0n) is 9.03. The summed E-state index contributed by atoms with van der Waals surface area (Å²) in [5.41, 5.74) is 5.28. The molecule has 0 aromatic rings. The summed E-state index contributed by atoms with van der Waals surface area (Å²) in [5.74, 6) is -1.35. The van der Waals surface area contributed by atoms with E-state index in [1.165, 1.54) is 6.92 Å². The van der Waals surface area contributed by atoms with Gasteiger partial charge in [-0.05, 0) is 6.92 Å². The van der Waals surface area contributed by atoms with Gasteiger partial charge in [0.05, 0.1) is 5.92 Å². The number of hydrogen-bond acceptors (Lipinski definition) is 5. The highest BCUT2D eigenvalue weighted by Crippen LogP contribution is 2.01. The van der Waals surface area contributed by atoms with Gasteiger partial charge in [-0.2, -0.15) is 5.26 Å². The molecule has 0 unspecified atom stereocenters. The molecule has 5 nitrogen and oxygen atoms in total. The fourth-order valence-electron chi connectivity index (χ4n) is 0.746. The number of esters is 1. The predicted octanol–water partition coefficient (Wildman–Crippen LogP) is 0.511. The molecule has 0 aromatic carbocycles. The minimum absolute atomic E-state index is 0.128. The SMILES string of the molecule is CC(N)=C(C#N)C(=O)COC(=O)C(C)C. The van der Waals surface area contributed by atoms with Crippen molar-refractivity contribution >= 4 is 11.8 Å². The zero-order chi connectivity index (χ0) is 12.0. The average Bonchev–Trinajstić information content (AvgIpc) is 2.14. The molecule has 0 atom stereocenters. The van der Waals surface area contributed by atoms with Crippen LogP contribution in [0.4, 0.5) is 0 Å². The fraction of sp³-hybridized carbons (Fsp3) is 0.500. The lowest BCUT2D eigenvalue weighted by atomic mass is 10.1. The van der Waals surface area contributed by atoms with Crippen molar-refractivity contribution in [3.05, 3.63) is 11.3 Å². The lowest BCUT2D eigenvalue weighted by Gasteiger charge is -2.06. The third-order valence-electron chi connectivity index (χ3n) is 1.60. The van der Waals surface area contributed by atoms with E-state index in [1.54, 1.807) is 19.9 Å². The molecular formula is C10H14N2O3. The maximum absolute atomic E-state index is 11.3. The molecule has 15 heavy (non-hydrogen) atoms. The van der Waals surface area contributed by atoms with Crippen LogP contribution < -0.4 is 5.73 Å². The molecule has 0 fully saturated rings. The van der Waals surface area contributed by atoms with Gasteiger partial charge in [0.2, 0.25) is 5.78 Å². The van der Waals surface area contributed by atoms with Crippen LogP contribution in [0.5, 0.6) is 0 Å². The van der Waals surface area contributed by atoms with Crippen LogP contribution in [-0.2, 0) is 14.3 Å². The van der Waals surface area contributed by atoms with Gasteiger partial charge in [0.15, 0.2) is 6.61 Å². The number of nitriles is 1. The first-order chi connectivity index (χ1) is 6.90. The van der Waals surface area contributed by atoms with Gasteiger partial charge in [-0.3, -0.25) is 9.59 Å². The van der Waals surface area contributed by atoms with Crippen LogP contribution in [0, 0.1) is 17.2 Å². The molecule has 0 aliphatic rings. The number of hydrogen-bond donors (Lipinski definition) is 1. The van der Waals surface area contributed by atoms with Gasteiger partial charge in [-0.1, -0.05) is 13.8 Å². The van der Waals surface area contributed by atoms with E-state index in [9.17, 15) is 9.59 Å². The fourth-order valence-corrected chi connectivity index (χ4v) is 0.746. The van der Waals surface area contributed by atoms with Gasteiger partial charge in [0.25, 0.3) is 0 Å². The molecular weight excluding hydrogens is 196 g/mol. The molecule has 0 radical (unpaired) electrons. The van der Waals surface area contributed by atoms with Gasteiger partial charge < -0.3 is 10.5 Å². The molecule has 0 aliphatic carbocycles. The number of nitrogens with two attached hydrogens (primary N) is 1. The average molecular weight is 210 g/mol. The topological polar surface area (TPSA) is 93.2 Å². The first kappa shape index (κ1) is 13.2. The Morgan fingerprint density at radius 1 is 1.47 bits per heavy atom. The molecule has 0 saturated carbocycles. The molecule has 0 heterocycles. The first-order valence-electron chi connectivity index (χ1n) is 4.46. The summed E-state index contributed by atoms with van der Waals surface area (Å²) in [4.78, 5) is 22.3. The van der Waals surface area contributed by atoms with Crippen LogP contribution >= 0.6 is 0 Å². The van der Waals surface area contributed by atoms with E-state index < -0.39 is 18.4 Å². The van der Waals surface area contributed by atoms with Crippen LogP contribution in [-0.4, -0.2) is 18.4 Å². The van der Waals surface area contributed by atoms with E-state index in [0.717, 1.165) is 0 Å². The summed E-state index contributed by atoms with van der Waals surface area (Å²) in [6, 6.07) is 1.67. The number of rotatable bonds is 4. The standard InChI is InChI=1S/C10H14N2O3/c1-6(2)10(14)15-5-9(13)8(4-11)7(3)12/h6H,5,12H2,1-3H3. The number of ketones is 1. The normalized spacial score (nSPS) is 11.7. The van der Waals surface area contributed by atoms with Gasteiger partial charge in [0.1, 0.15) is 11.6 Å². The van der Waals surface area contributed by atoms with E-state index in [2.05, 4.69) is 4.74 Å². The highest BCUT2D eigenvalue weighted by atomic mass is 16.5. The first-order valence-corrected chi connectivity index (χ1v) is 4.46. The maximum atomic E-state index is 11.3. The lowest BCUT2D eigenvalue weighted by Crippen LogP contribution is -2.20. The van der Waals surface area contributed by atoms with Gasteiger partial charge in [-0.25, -0.2) is 0 Å². The number of nitrogens with zero attached hydrogens (tertiary/aromatic N) is 1. The quantitative estimate of drug-likeness (QED) is 0.414. The lowest BCUT2D eigenvalue weighted by molar-refractivity contribution is -0.150. The van der Waals surface area contributed by atoms with Crippen molar-refractivity contribution in [2.45, 2.75) is 20.8 Å². The third-order valence-corrected chi connectivity index (χ3v) is 1.60. The van der Waals surface area contributed by atoms with Crippen LogP contribution in [0.15, 0.2) is 11.3 Å². The van der Waals surface area contributed by atoms with Crippen molar-refractivity contribution in [1.29, 1.82) is 5.26 Å². The Morgan fingerprint density at radius 3 is 2.33 bits per heavy atom. The van der Waals surface area contributed by atoms with Crippen LogP contribution in [0.1, 0.15) is 20.8 Å². The second-order valence-electron chi connectivity index (χ2n) is 3.36. The van der Waals surface area contributed by atoms with E-state index in [1.807, 2.05) is 0 Å². The Morgan fingerprint density at radius 2 is 2.00 bits per heavy atom. The summed E-state index contributed by atoms with van der Waals surface area (Å²) >= 11 is 0. The van der Waals surface area contributed by atoms with E-state index >= 15 is 0 Å². The highest BCUT2D eigenvalue weighted by molar-refractivity contribution is 6.01. The van der Waals surface area contributed by atoms with Crippen molar-refractivity contribution in [2.24, 2.45) is 11.7 Å². The number of allylic oxidation sites excluding steroid dienone is 1. The van der Waals surface area contributed by atoms with Crippen molar-refractivity contribution in [3.63, 3.8) is 0 Å². The Balaban J connectivity index is 4.36. The molecule has 5 heteroatoms. The molecule has 0 rings (SSSR count). The summed E-state index contributed by atoms with van der Waals surface area (Å²) in [7, 11) is 0. The van der Waals surface area contributed by atoms with Crippen molar-refractivity contribution in [2.75, 3.05) is 6.61 Å². The van der Waals surface area contributed by atoms with Gasteiger partial charge in [0, 0.05) is 5.70 Å². The zero-order valence-corrected chi connectivity index (χ0v) is 9.03.